The number of rotatable bonds is 5. The fraction of sp³-hybridized carbons (Fsp3) is 0.625. The summed E-state index contributed by atoms with van der Waals surface area (Å²) in [6.07, 6.45) is 6.25. The smallest absolute Gasteiger partial charge is 0.387 e. The summed E-state index contributed by atoms with van der Waals surface area (Å²) in [6, 6.07) is 7.48. The lowest BCUT2D eigenvalue weighted by Gasteiger charge is -2.23. The monoisotopic (exact) mass is 283 g/mol. The molecule has 0 aromatic heterocycles. The van der Waals surface area contributed by atoms with Crippen molar-refractivity contribution in [2.24, 2.45) is 5.92 Å². The molecule has 2 atom stereocenters. The van der Waals surface area contributed by atoms with Gasteiger partial charge in [0.25, 0.3) is 0 Å². The van der Waals surface area contributed by atoms with Crippen LogP contribution in [0, 0.1) is 5.92 Å². The Hall–Kier alpha value is -1.16. The van der Waals surface area contributed by atoms with Crippen molar-refractivity contribution >= 4 is 0 Å². The molecule has 0 radical (unpaired) electrons. The Labute approximate surface area is 119 Å². The van der Waals surface area contributed by atoms with E-state index in [0.717, 1.165) is 5.56 Å². The molecule has 2 rings (SSSR count). The Morgan fingerprint density at radius 2 is 1.95 bits per heavy atom. The topological polar surface area (TPSA) is 21.3 Å². The van der Waals surface area contributed by atoms with Gasteiger partial charge in [-0.15, -0.1) is 0 Å². The van der Waals surface area contributed by atoms with E-state index in [0.29, 0.717) is 18.5 Å². The fourth-order valence-corrected chi connectivity index (χ4v) is 2.90. The zero-order valence-electron chi connectivity index (χ0n) is 11.9. The van der Waals surface area contributed by atoms with Crippen molar-refractivity contribution in [2.45, 2.75) is 58.2 Å². The molecule has 4 heteroatoms. The molecule has 1 aromatic carbocycles. The van der Waals surface area contributed by atoms with E-state index < -0.39 is 6.61 Å². The molecular formula is C16H23F2NO. The van der Waals surface area contributed by atoms with Crippen LogP contribution in [0.5, 0.6) is 5.75 Å². The molecule has 112 valence electrons. The maximum atomic E-state index is 12.4. The highest BCUT2D eigenvalue weighted by Crippen LogP contribution is 2.25. The maximum absolute atomic E-state index is 12.4. The number of halogens is 2. The first-order valence-corrected chi connectivity index (χ1v) is 7.43. The molecule has 1 aliphatic rings. The highest BCUT2D eigenvalue weighted by atomic mass is 19.3. The Morgan fingerprint density at radius 1 is 1.20 bits per heavy atom. The fourth-order valence-electron chi connectivity index (χ4n) is 2.90. The summed E-state index contributed by atoms with van der Waals surface area (Å²) in [5.74, 6) is 0.914. The average Bonchev–Trinajstić information content (AvgIpc) is 2.62. The third-order valence-corrected chi connectivity index (χ3v) is 4.10. The van der Waals surface area contributed by atoms with Crippen LogP contribution in [-0.2, 0) is 6.54 Å². The van der Waals surface area contributed by atoms with Gasteiger partial charge in [0.15, 0.2) is 0 Å². The van der Waals surface area contributed by atoms with Gasteiger partial charge in [0, 0.05) is 18.2 Å². The first kappa shape index (κ1) is 15.2. The summed E-state index contributed by atoms with van der Waals surface area (Å²) in [7, 11) is 0. The number of alkyl halides is 2. The number of nitrogens with one attached hydrogen (secondary N) is 1. The Balaban J connectivity index is 1.95. The highest BCUT2D eigenvalue weighted by Gasteiger charge is 2.19. The van der Waals surface area contributed by atoms with E-state index in [9.17, 15) is 8.78 Å². The van der Waals surface area contributed by atoms with Crippen molar-refractivity contribution in [2.75, 3.05) is 0 Å². The van der Waals surface area contributed by atoms with Crippen molar-refractivity contribution < 1.29 is 13.5 Å². The zero-order chi connectivity index (χ0) is 14.4. The second-order valence-corrected chi connectivity index (χ2v) is 5.59. The van der Waals surface area contributed by atoms with Gasteiger partial charge in [-0.25, -0.2) is 0 Å². The van der Waals surface area contributed by atoms with Crippen LogP contribution < -0.4 is 10.1 Å². The summed E-state index contributed by atoms with van der Waals surface area (Å²) < 4.78 is 29.3. The van der Waals surface area contributed by atoms with Crippen LogP contribution in [0.1, 0.15) is 44.6 Å². The van der Waals surface area contributed by atoms with Crippen molar-refractivity contribution in [3.05, 3.63) is 29.8 Å². The normalized spacial score (nSPS) is 23.6. The number of para-hydroxylation sites is 1. The lowest BCUT2D eigenvalue weighted by Crippen LogP contribution is -2.33. The van der Waals surface area contributed by atoms with E-state index in [4.69, 9.17) is 0 Å². The molecule has 0 bridgehead atoms. The summed E-state index contributed by atoms with van der Waals surface area (Å²) in [4.78, 5) is 0. The van der Waals surface area contributed by atoms with E-state index in [1.54, 1.807) is 12.1 Å². The van der Waals surface area contributed by atoms with Crippen molar-refractivity contribution in [3.8, 4) is 5.75 Å². The highest BCUT2D eigenvalue weighted by molar-refractivity contribution is 5.33. The first-order valence-electron chi connectivity index (χ1n) is 7.43. The first-order chi connectivity index (χ1) is 9.66. The second kappa shape index (κ2) is 7.58. The molecule has 2 unspecified atom stereocenters. The van der Waals surface area contributed by atoms with Gasteiger partial charge in [-0.2, -0.15) is 8.78 Å². The van der Waals surface area contributed by atoms with Gasteiger partial charge in [-0.3, -0.25) is 0 Å². The average molecular weight is 283 g/mol. The standard InChI is InChI=1S/C16H23F2NO/c1-12-7-3-2-4-9-14(12)19-11-13-8-5-6-10-15(13)20-16(17)18/h5-6,8,10,12,14,16,19H,2-4,7,9,11H2,1H3. The number of hydrogen-bond donors (Lipinski definition) is 1. The van der Waals surface area contributed by atoms with Crippen LogP contribution in [0.25, 0.3) is 0 Å². The number of ether oxygens (including phenoxy) is 1. The molecular weight excluding hydrogens is 260 g/mol. The van der Waals surface area contributed by atoms with Gasteiger partial charge < -0.3 is 10.1 Å². The third-order valence-electron chi connectivity index (χ3n) is 4.10. The van der Waals surface area contributed by atoms with Crippen LogP contribution in [0.15, 0.2) is 24.3 Å². The van der Waals surface area contributed by atoms with Crippen molar-refractivity contribution in [3.63, 3.8) is 0 Å². The van der Waals surface area contributed by atoms with Crippen molar-refractivity contribution in [1.82, 2.24) is 5.32 Å². The molecule has 2 nitrogen and oxygen atoms in total. The molecule has 0 spiro atoms. The lowest BCUT2D eigenvalue weighted by atomic mass is 9.97. The largest absolute Gasteiger partial charge is 0.434 e. The van der Waals surface area contributed by atoms with Crippen LogP contribution >= 0.6 is 0 Å². The third kappa shape index (κ3) is 4.44. The summed E-state index contributed by atoms with van der Waals surface area (Å²) in [6.45, 7) is 0.0792. The van der Waals surface area contributed by atoms with Gasteiger partial charge in [0.2, 0.25) is 0 Å². The van der Waals surface area contributed by atoms with Gasteiger partial charge in [-0.1, -0.05) is 44.4 Å². The minimum absolute atomic E-state index is 0.274. The predicted molar refractivity (Wildman–Crippen MR) is 76.0 cm³/mol. The molecule has 0 amide bonds. The Morgan fingerprint density at radius 3 is 2.75 bits per heavy atom. The van der Waals surface area contributed by atoms with E-state index in [-0.39, 0.29) is 5.75 Å². The van der Waals surface area contributed by atoms with Crippen LogP contribution in [0.2, 0.25) is 0 Å². The molecule has 1 aliphatic carbocycles. The minimum atomic E-state index is -2.77. The molecule has 1 fully saturated rings. The van der Waals surface area contributed by atoms with Gasteiger partial charge in [0.05, 0.1) is 0 Å². The van der Waals surface area contributed by atoms with E-state index >= 15 is 0 Å². The molecule has 1 saturated carbocycles. The summed E-state index contributed by atoms with van der Waals surface area (Å²) >= 11 is 0. The van der Waals surface area contributed by atoms with Crippen LogP contribution in [0.4, 0.5) is 8.78 Å². The molecule has 0 saturated heterocycles. The van der Waals surface area contributed by atoms with Crippen molar-refractivity contribution in [1.29, 1.82) is 0 Å². The van der Waals surface area contributed by atoms with Crippen LogP contribution in [0.3, 0.4) is 0 Å². The molecule has 0 heterocycles. The number of benzene rings is 1. The quantitative estimate of drug-likeness (QED) is 0.811. The Kier molecular flexibility index (Phi) is 5.77. The minimum Gasteiger partial charge on any atom is -0.434 e. The Bertz CT molecular complexity index is 411. The van der Waals surface area contributed by atoms with E-state index in [2.05, 4.69) is 17.0 Å². The maximum Gasteiger partial charge on any atom is 0.387 e. The van der Waals surface area contributed by atoms with Gasteiger partial charge in [0.1, 0.15) is 5.75 Å². The lowest BCUT2D eigenvalue weighted by molar-refractivity contribution is -0.0505. The van der Waals surface area contributed by atoms with E-state index in [1.807, 2.05) is 12.1 Å². The summed E-state index contributed by atoms with van der Waals surface area (Å²) in [5.41, 5.74) is 0.796. The zero-order valence-corrected chi connectivity index (χ0v) is 11.9. The predicted octanol–water partition coefficient (Wildman–Crippen LogP) is 4.35. The van der Waals surface area contributed by atoms with Crippen LogP contribution in [-0.4, -0.2) is 12.7 Å². The summed E-state index contributed by atoms with van der Waals surface area (Å²) in [5, 5.41) is 3.52. The molecule has 0 aliphatic heterocycles. The van der Waals surface area contributed by atoms with Gasteiger partial charge >= 0.3 is 6.61 Å². The second-order valence-electron chi connectivity index (χ2n) is 5.59. The molecule has 1 aromatic rings. The van der Waals surface area contributed by atoms with Gasteiger partial charge in [-0.05, 0) is 24.8 Å². The molecule has 20 heavy (non-hydrogen) atoms. The molecule has 1 N–H and O–H groups in total. The van der Waals surface area contributed by atoms with E-state index in [1.165, 1.54) is 32.1 Å². The SMILES string of the molecule is CC1CCCCCC1NCc1ccccc1OC(F)F. The number of hydrogen-bond acceptors (Lipinski definition) is 2.